The summed E-state index contributed by atoms with van der Waals surface area (Å²) in [4.78, 5) is 12.7. The average Bonchev–Trinajstić information content (AvgIpc) is 2.82. The van der Waals surface area contributed by atoms with Gasteiger partial charge in [0.2, 0.25) is 0 Å². The summed E-state index contributed by atoms with van der Waals surface area (Å²) < 4.78 is 12.2. The Morgan fingerprint density at radius 2 is 1.88 bits per heavy atom. The van der Waals surface area contributed by atoms with Crippen LogP contribution in [-0.4, -0.2) is 12.5 Å². The van der Waals surface area contributed by atoms with Gasteiger partial charge >= 0.3 is 0 Å². The predicted octanol–water partition coefficient (Wildman–Crippen LogP) is 6.79. The maximum Gasteiger partial charge on any atom is 0.266 e. The third-order valence-corrected chi connectivity index (χ3v) is 5.32. The van der Waals surface area contributed by atoms with Crippen molar-refractivity contribution in [3.63, 3.8) is 0 Å². The molecule has 0 aromatic heterocycles. The molecule has 0 bridgehead atoms. The van der Waals surface area contributed by atoms with Gasteiger partial charge in [0, 0.05) is 26.3 Å². The van der Waals surface area contributed by atoms with Crippen LogP contribution < -0.4 is 14.8 Å². The predicted molar refractivity (Wildman–Crippen MR) is 134 cm³/mol. The molecule has 0 unspecified atom stereocenters. The zero-order valence-electron chi connectivity index (χ0n) is 17.6. The second kappa shape index (κ2) is 11.9. The highest BCUT2D eigenvalue weighted by Gasteiger charge is 2.12. The van der Waals surface area contributed by atoms with E-state index in [1.807, 2.05) is 36.4 Å². The van der Waals surface area contributed by atoms with Crippen LogP contribution in [0.5, 0.6) is 11.5 Å². The Hall–Kier alpha value is -3.53. The molecule has 0 saturated heterocycles. The van der Waals surface area contributed by atoms with Crippen LogP contribution in [-0.2, 0) is 11.4 Å². The van der Waals surface area contributed by atoms with Crippen LogP contribution in [0.3, 0.4) is 0 Å². The average molecular weight is 524 g/mol. The molecule has 33 heavy (non-hydrogen) atoms. The maximum absolute atomic E-state index is 12.7. The van der Waals surface area contributed by atoms with Gasteiger partial charge in [-0.25, -0.2) is 0 Å². The van der Waals surface area contributed by atoms with Crippen LogP contribution in [0.4, 0.5) is 5.69 Å². The molecule has 0 aliphatic rings. The SMILES string of the molecule is C=CCOc1ccc(Br)cc1/C=C(\C#N)C(=O)Nc1ccc(OCc2ccccc2Cl)cc1. The smallest absolute Gasteiger partial charge is 0.266 e. The number of anilines is 1. The summed E-state index contributed by atoms with van der Waals surface area (Å²) in [5.41, 5.74) is 1.95. The zero-order valence-corrected chi connectivity index (χ0v) is 19.9. The van der Waals surface area contributed by atoms with Crippen LogP contribution in [0.25, 0.3) is 6.08 Å². The Morgan fingerprint density at radius 3 is 2.58 bits per heavy atom. The molecule has 0 aliphatic heterocycles. The molecule has 3 rings (SSSR count). The maximum atomic E-state index is 12.7. The van der Waals surface area contributed by atoms with Gasteiger partial charge in [-0.1, -0.05) is 58.4 Å². The Kier molecular flexibility index (Phi) is 8.71. The molecule has 1 N–H and O–H groups in total. The summed E-state index contributed by atoms with van der Waals surface area (Å²) >= 11 is 9.54. The quantitative estimate of drug-likeness (QED) is 0.190. The minimum Gasteiger partial charge on any atom is -0.489 e. The van der Waals surface area contributed by atoms with E-state index in [2.05, 4.69) is 27.8 Å². The molecule has 0 heterocycles. The van der Waals surface area contributed by atoms with E-state index in [4.69, 9.17) is 21.1 Å². The van der Waals surface area contributed by atoms with Crippen molar-refractivity contribution in [2.75, 3.05) is 11.9 Å². The van der Waals surface area contributed by atoms with E-state index in [9.17, 15) is 10.1 Å². The Bertz CT molecular complexity index is 1220. The van der Waals surface area contributed by atoms with Crippen LogP contribution in [0.1, 0.15) is 11.1 Å². The first-order valence-electron chi connectivity index (χ1n) is 9.93. The van der Waals surface area contributed by atoms with E-state index in [1.54, 1.807) is 42.5 Å². The van der Waals surface area contributed by atoms with E-state index >= 15 is 0 Å². The molecule has 0 atom stereocenters. The number of nitrogens with zero attached hydrogens (tertiary/aromatic N) is 1. The monoisotopic (exact) mass is 522 g/mol. The van der Waals surface area contributed by atoms with Crippen LogP contribution in [0, 0.1) is 11.3 Å². The van der Waals surface area contributed by atoms with E-state index in [0.29, 0.717) is 41.0 Å². The molecule has 1 amide bonds. The van der Waals surface area contributed by atoms with Crippen molar-refractivity contribution in [2.45, 2.75) is 6.61 Å². The van der Waals surface area contributed by atoms with Crippen molar-refractivity contribution in [3.05, 3.63) is 106 Å². The number of nitriles is 1. The third-order valence-electron chi connectivity index (χ3n) is 4.46. The van der Waals surface area contributed by atoms with Gasteiger partial charge in [-0.05, 0) is 54.6 Å². The largest absolute Gasteiger partial charge is 0.489 e. The Balaban J connectivity index is 1.68. The van der Waals surface area contributed by atoms with Crippen molar-refractivity contribution in [3.8, 4) is 17.6 Å². The lowest BCUT2D eigenvalue weighted by Crippen LogP contribution is -2.13. The van der Waals surface area contributed by atoms with Gasteiger partial charge in [0.05, 0.1) is 0 Å². The van der Waals surface area contributed by atoms with Gasteiger partial charge in [0.15, 0.2) is 0 Å². The van der Waals surface area contributed by atoms with Crippen molar-refractivity contribution < 1.29 is 14.3 Å². The number of ether oxygens (including phenoxy) is 2. The van der Waals surface area contributed by atoms with E-state index in [-0.39, 0.29) is 5.57 Å². The van der Waals surface area contributed by atoms with Crippen molar-refractivity contribution in [1.29, 1.82) is 5.26 Å². The molecule has 7 heteroatoms. The summed E-state index contributed by atoms with van der Waals surface area (Å²) in [5, 5.41) is 12.9. The van der Waals surface area contributed by atoms with Gasteiger partial charge in [0.25, 0.3) is 5.91 Å². The standard InChI is InChI=1S/C26H20BrClN2O3/c1-2-13-32-25-12-7-21(27)15-19(25)14-20(16-29)26(31)30-22-8-10-23(11-9-22)33-17-18-5-3-4-6-24(18)28/h2-12,14-15H,1,13,17H2,(H,30,31)/b20-14+. The van der Waals surface area contributed by atoms with Gasteiger partial charge in [0.1, 0.15) is 36.4 Å². The third kappa shape index (κ3) is 6.98. The molecular weight excluding hydrogens is 504 g/mol. The fourth-order valence-electron chi connectivity index (χ4n) is 2.83. The van der Waals surface area contributed by atoms with Crippen LogP contribution in [0.2, 0.25) is 5.02 Å². The van der Waals surface area contributed by atoms with Gasteiger partial charge in [-0.2, -0.15) is 5.26 Å². The molecule has 5 nitrogen and oxygen atoms in total. The van der Waals surface area contributed by atoms with Gasteiger partial charge in [-0.3, -0.25) is 4.79 Å². The molecule has 0 saturated carbocycles. The number of rotatable bonds is 9. The number of carbonyl (C=O) groups excluding carboxylic acids is 1. The first kappa shape index (κ1) is 24.1. The number of hydrogen-bond acceptors (Lipinski definition) is 4. The normalized spacial score (nSPS) is 10.8. The minimum absolute atomic E-state index is 0.0596. The van der Waals surface area contributed by atoms with E-state index in [0.717, 1.165) is 10.0 Å². The Labute approximate surface area is 206 Å². The number of benzene rings is 3. The molecular formula is C26H20BrClN2O3. The highest BCUT2D eigenvalue weighted by molar-refractivity contribution is 9.10. The molecule has 0 spiro atoms. The number of hydrogen-bond donors (Lipinski definition) is 1. The van der Waals surface area contributed by atoms with Crippen molar-refractivity contribution >= 4 is 45.2 Å². The van der Waals surface area contributed by atoms with Crippen molar-refractivity contribution in [2.24, 2.45) is 0 Å². The number of halogens is 2. The lowest BCUT2D eigenvalue weighted by molar-refractivity contribution is -0.112. The van der Waals surface area contributed by atoms with Gasteiger partial charge < -0.3 is 14.8 Å². The molecule has 0 fully saturated rings. The fraction of sp³-hybridized carbons (Fsp3) is 0.0769. The van der Waals surface area contributed by atoms with Crippen molar-refractivity contribution in [1.82, 2.24) is 0 Å². The lowest BCUT2D eigenvalue weighted by atomic mass is 10.1. The topological polar surface area (TPSA) is 71.3 Å². The first-order valence-corrected chi connectivity index (χ1v) is 11.1. The first-order chi connectivity index (χ1) is 16.0. The summed E-state index contributed by atoms with van der Waals surface area (Å²) in [6.07, 6.45) is 3.11. The second-order valence-electron chi connectivity index (χ2n) is 6.81. The molecule has 3 aromatic carbocycles. The van der Waals surface area contributed by atoms with E-state index < -0.39 is 5.91 Å². The second-order valence-corrected chi connectivity index (χ2v) is 8.13. The lowest BCUT2D eigenvalue weighted by Gasteiger charge is -2.10. The summed E-state index contributed by atoms with van der Waals surface area (Å²) in [6, 6.07) is 21.6. The molecule has 0 radical (unpaired) electrons. The molecule has 3 aromatic rings. The molecule has 0 aliphatic carbocycles. The number of carbonyl (C=O) groups is 1. The molecule has 166 valence electrons. The summed E-state index contributed by atoms with van der Waals surface area (Å²) in [5.74, 6) is 0.637. The van der Waals surface area contributed by atoms with E-state index in [1.165, 1.54) is 6.08 Å². The number of amides is 1. The minimum atomic E-state index is -0.531. The highest BCUT2D eigenvalue weighted by atomic mass is 79.9. The summed E-state index contributed by atoms with van der Waals surface area (Å²) in [6.45, 7) is 4.27. The van der Waals surface area contributed by atoms with Crippen LogP contribution in [0.15, 0.2) is 89.4 Å². The van der Waals surface area contributed by atoms with Crippen LogP contribution >= 0.6 is 27.5 Å². The zero-order chi connectivity index (χ0) is 23.6. The fourth-order valence-corrected chi connectivity index (χ4v) is 3.39. The van der Waals surface area contributed by atoms with Gasteiger partial charge in [-0.15, -0.1) is 0 Å². The summed E-state index contributed by atoms with van der Waals surface area (Å²) in [7, 11) is 0. The highest BCUT2D eigenvalue weighted by Crippen LogP contribution is 2.26. The Morgan fingerprint density at radius 1 is 1.12 bits per heavy atom. The number of nitrogens with one attached hydrogen (secondary N) is 1.